The van der Waals surface area contributed by atoms with Gasteiger partial charge in [0, 0.05) is 28.2 Å². The molecule has 0 saturated carbocycles. The number of hydrogen-bond acceptors (Lipinski definition) is 5. The minimum Gasteiger partial charge on any atom is -1.00 e. The molecule has 196 valence electrons. The molecule has 1 N–H and O–H groups in total. The van der Waals surface area contributed by atoms with Gasteiger partial charge in [0.1, 0.15) is 6.54 Å². The molecule has 0 amide bonds. The average Bonchev–Trinajstić information content (AvgIpc) is 3.25. The van der Waals surface area contributed by atoms with Gasteiger partial charge < -0.3 is 31.6 Å². The summed E-state index contributed by atoms with van der Waals surface area (Å²) in [4.78, 5) is 17.3. The Morgan fingerprint density at radius 2 is 1.89 bits per heavy atom. The van der Waals surface area contributed by atoms with Gasteiger partial charge >= 0.3 is 12.1 Å². The second kappa shape index (κ2) is 12.7. The molecular formula is C24H26Cl2F3N3O3S. The SMILES string of the molecule is C[N+](C)(CCOCCN(c1cccc(C(F)(F)F)c1)c1nc(-c2cccc(Cl)c2)cs1)CC(=O)O.[Cl-]. The number of alkyl halides is 3. The Morgan fingerprint density at radius 1 is 1.17 bits per heavy atom. The zero-order valence-electron chi connectivity index (χ0n) is 19.6. The van der Waals surface area contributed by atoms with Crippen molar-refractivity contribution in [1.29, 1.82) is 0 Å². The van der Waals surface area contributed by atoms with Gasteiger partial charge in [0.05, 0.1) is 38.6 Å². The van der Waals surface area contributed by atoms with E-state index < -0.39 is 17.7 Å². The smallest absolute Gasteiger partial charge is 0.416 e. The van der Waals surface area contributed by atoms with Gasteiger partial charge in [0.15, 0.2) is 11.7 Å². The normalized spacial score (nSPS) is 11.7. The molecule has 0 unspecified atom stereocenters. The van der Waals surface area contributed by atoms with E-state index in [1.54, 1.807) is 43.3 Å². The van der Waals surface area contributed by atoms with E-state index in [1.165, 1.54) is 17.4 Å². The van der Waals surface area contributed by atoms with Crippen LogP contribution >= 0.6 is 22.9 Å². The third-order valence-electron chi connectivity index (χ3n) is 5.19. The molecule has 36 heavy (non-hydrogen) atoms. The molecule has 12 heteroatoms. The van der Waals surface area contributed by atoms with Gasteiger partial charge in [0.25, 0.3) is 0 Å². The first-order chi connectivity index (χ1) is 16.4. The van der Waals surface area contributed by atoms with Crippen LogP contribution in [0.4, 0.5) is 24.0 Å². The van der Waals surface area contributed by atoms with Crippen molar-refractivity contribution >= 4 is 39.7 Å². The lowest BCUT2D eigenvalue weighted by Crippen LogP contribution is -3.00. The number of ether oxygens (including phenoxy) is 1. The molecule has 0 spiro atoms. The standard InChI is InChI=1S/C24H25ClF3N3O3S.ClH/c1-31(2,15-22(32)33)10-12-34-11-9-30(20-8-4-6-18(14-20)24(26,27)28)23-29-21(16-35-23)17-5-3-7-19(25)13-17;/h3-8,13-14,16H,9-12,15H2,1-2H3;1H. The molecule has 0 bridgehead atoms. The molecule has 1 heterocycles. The molecule has 2 aromatic carbocycles. The summed E-state index contributed by atoms with van der Waals surface area (Å²) < 4.78 is 46.0. The second-order valence-electron chi connectivity index (χ2n) is 8.55. The van der Waals surface area contributed by atoms with Crippen LogP contribution in [0.3, 0.4) is 0 Å². The van der Waals surface area contributed by atoms with E-state index >= 15 is 0 Å². The molecule has 0 aliphatic heterocycles. The minimum atomic E-state index is -4.47. The van der Waals surface area contributed by atoms with Crippen molar-refractivity contribution < 1.29 is 44.7 Å². The highest BCUT2D eigenvalue weighted by Crippen LogP contribution is 2.36. The fourth-order valence-corrected chi connectivity index (χ4v) is 4.44. The number of aromatic nitrogens is 1. The van der Waals surface area contributed by atoms with Crippen LogP contribution in [0, 0.1) is 0 Å². The van der Waals surface area contributed by atoms with Crippen molar-refractivity contribution in [2.45, 2.75) is 6.18 Å². The summed E-state index contributed by atoms with van der Waals surface area (Å²) in [5, 5.41) is 11.9. The summed E-state index contributed by atoms with van der Waals surface area (Å²) in [6.07, 6.45) is -4.47. The molecule has 3 aromatic rings. The Labute approximate surface area is 222 Å². The van der Waals surface area contributed by atoms with Crippen LogP contribution in [0.5, 0.6) is 0 Å². The Kier molecular flexibility index (Phi) is 10.6. The Morgan fingerprint density at radius 3 is 2.56 bits per heavy atom. The molecule has 3 rings (SSSR count). The number of rotatable bonds is 11. The second-order valence-corrected chi connectivity index (χ2v) is 9.82. The van der Waals surface area contributed by atoms with E-state index in [0.29, 0.717) is 34.7 Å². The Balaban J connectivity index is 0.00000456. The van der Waals surface area contributed by atoms with Gasteiger partial charge in [-0.2, -0.15) is 13.2 Å². The molecule has 0 fully saturated rings. The fraction of sp³-hybridized carbons (Fsp3) is 0.333. The zero-order valence-corrected chi connectivity index (χ0v) is 22.0. The number of carboxylic acid groups (broad SMARTS) is 1. The van der Waals surface area contributed by atoms with Gasteiger partial charge in [-0.05, 0) is 30.3 Å². The van der Waals surface area contributed by atoms with Gasteiger partial charge in [-0.25, -0.2) is 9.78 Å². The van der Waals surface area contributed by atoms with E-state index in [1.807, 2.05) is 11.4 Å². The van der Waals surface area contributed by atoms with Crippen LogP contribution in [0.25, 0.3) is 11.3 Å². The van der Waals surface area contributed by atoms with E-state index in [4.69, 9.17) is 21.4 Å². The Bertz CT molecular complexity index is 1160. The number of benzene rings is 2. The number of halogens is 5. The number of carbonyl (C=O) groups is 1. The number of aliphatic carboxylic acids is 1. The van der Waals surface area contributed by atoms with Crippen molar-refractivity contribution in [2.24, 2.45) is 0 Å². The first-order valence-electron chi connectivity index (χ1n) is 10.7. The number of anilines is 2. The minimum absolute atomic E-state index is 0. The molecule has 0 saturated heterocycles. The van der Waals surface area contributed by atoms with Gasteiger partial charge in [-0.3, -0.25) is 0 Å². The first-order valence-corrected chi connectivity index (χ1v) is 12.0. The third kappa shape index (κ3) is 8.63. The number of likely N-dealkylation sites (N-methyl/N-ethyl adjacent to an activating group) is 1. The van der Waals surface area contributed by atoms with Crippen molar-refractivity contribution in [3.05, 3.63) is 64.5 Å². The predicted molar refractivity (Wildman–Crippen MR) is 131 cm³/mol. The molecule has 1 aromatic heterocycles. The molecule has 6 nitrogen and oxygen atoms in total. The van der Waals surface area contributed by atoms with Crippen molar-refractivity contribution in [2.75, 3.05) is 51.8 Å². The van der Waals surface area contributed by atoms with E-state index in [0.717, 1.165) is 17.7 Å². The molecule has 0 radical (unpaired) electrons. The average molecular weight is 564 g/mol. The van der Waals surface area contributed by atoms with Crippen LogP contribution in [0.2, 0.25) is 5.02 Å². The summed E-state index contributed by atoms with van der Waals surface area (Å²) in [6, 6.07) is 12.3. The summed E-state index contributed by atoms with van der Waals surface area (Å²) in [5.41, 5.74) is 1.06. The van der Waals surface area contributed by atoms with Gasteiger partial charge in [0.2, 0.25) is 0 Å². The van der Waals surface area contributed by atoms with E-state index in [2.05, 4.69) is 4.98 Å². The van der Waals surface area contributed by atoms with Crippen molar-refractivity contribution in [3.63, 3.8) is 0 Å². The number of nitrogens with zero attached hydrogens (tertiary/aromatic N) is 3. The van der Waals surface area contributed by atoms with Crippen LogP contribution < -0.4 is 17.3 Å². The van der Waals surface area contributed by atoms with Gasteiger partial charge in [-0.15, -0.1) is 11.3 Å². The predicted octanol–water partition coefficient (Wildman–Crippen LogP) is 2.80. The van der Waals surface area contributed by atoms with Crippen LogP contribution in [-0.4, -0.2) is 67.5 Å². The van der Waals surface area contributed by atoms with Crippen molar-refractivity contribution in [3.8, 4) is 11.3 Å². The topological polar surface area (TPSA) is 62.7 Å². The third-order valence-corrected chi connectivity index (χ3v) is 6.29. The summed E-state index contributed by atoms with van der Waals surface area (Å²) in [7, 11) is 3.58. The molecule has 0 aliphatic carbocycles. The first kappa shape index (κ1) is 29.9. The summed E-state index contributed by atoms with van der Waals surface area (Å²) in [5.74, 6) is -0.898. The van der Waals surface area contributed by atoms with Gasteiger partial charge in [-0.1, -0.05) is 29.8 Å². The fourth-order valence-electron chi connectivity index (χ4n) is 3.37. The molecular weight excluding hydrogens is 538 g/mol. The summed E-state index contributed by atoms with van der Waals surface area (Å²) in [6.45, 7) is 1.23. The summed E-state index contributed by atoms with van der Waals surface area (Å²) >= 11 is 7.39. The maximum atomic E-state index is 13.3. The maximum absolute atomic E-state index is 13.3. The highest BCUT2D eigenvalue weighted by atomic mass is 35.5. The highest BCUT2D eigenvalue weighted by molar-refractivity contribution is 7.14. The highest BCUT2D eigenvalue weighted by Gasteiger charge is 2.31. The van der Waals surface area contributed by atoms with Crippen LogP contribution in [-0.2, 0) is 15.7 Å². The largest absolute Gasteiger partial charge is 1.00 e. The lowest BCUT2D eigenvalue weighted by molar-refractivity contribution is -0.883. The van der Waals surface area contributed by atoms with Crippen LogP contribution in [0.1, 0.15) is 5.56 Å². The lowest BCUT2D eigenvalue weighted by Gasteiger charge is -2.28. The Hall–Kier alpha value is -2.37. The number of quaternary nitrogens is 1. The number of carboxylic acids is 1. The van der Waals surface area contributed by atoms with E-state index in [-0.39, 0.29) is 36.6 Å². The molecule has 0 atom stereocenters. The number of hydrogen-bond donors (Lipinski definition) is 1. The van der Waals surface area contributed by atoms with Crippen LogP contribution in [0.15, 0.2) is 53.9 Å². The quantitative estimate of drug-likeness (QED) is 0.287. The number of thiazole rings is 1. The maximum Gasteiger partial charge on any atom is 0.416 e. The lowest BCUT2D eigenvalue weighted by atomic mass is 10.2. The zero-order chi connectivity index (χ0) is 25.6. The van der Waals surface area contributed by atoms with E-state index in [9.17, 15) is 18.0 Å². The van der Waals surface area contributed by atoms with Crippen molar-refractivity contribution in [1.82, 2.24) is 4.98 Å². The molecule has 0 aliphatic rings. The monoisotopic (exact) mass is 563 g/mol.